The molecule has 100 valence electrons. The average Bonchev–Trinajstić information content (AvgIpc) is 2.94. The van der Waals surface area contributed by atoms with E-state index in [9.17, 15) is 4.79 Å². The van der Waals surface area contributed by atoms with Crippen molar-refractivity contribution in [3.8, 4) is 0 Å². The molecule has 2 heterocycles. The molecule has 0 radical (unpaired) electrons. The van der Waals surface area contributed by atoms with Gasteiger partial charge in [0.25, 0.3) is 0 Å². The third-order valence-corrected chi connectivity index (χ3v) is 3.72. The normalized spacial score (nSPS) is 16.1. The minimum absolute atomic E-state index is 0.255. The van der Waals surface area contributed by atoms with Crippen LogP contribution in [0.25, 0.3) is 10.9 Å². The van der Waals surface area contributed by atoms with E-state index in [4.69, 9.17) is 0 Å². The molecule has 5 nitrogen and oxygen atoms in total. The smallest absolute Gasteiger partial charge is 0.222 e. The SMILES string of the molecule is CCC(=O)N1CCN(c2ccc3[nH]ncc3c2)CC1. The van der Waals surface area contributed by atoms with Crippen LogP contribution in [-0.2, 0) is 4.79 Å². The number of benzene rings is 1. The van der Waals surface area contributed by atoms with Crippen LogP contribution < -0.4 is 4.90 Å². The Balaban J connectivity index is 1.72. The molecule has 1 aliphatic rings. The van der Waals surface area contributed by atoms with Gasteiger partial charge in [-0.3, -0.25) is 9.89 Å². The lowest BCUT2D eigenvalue weighted by atomic mass is 10.2. The molecule has 5 heteroatoms. The van der Waals surface area contributed by atoms with Crippen molar-refractivity contribution in [1.82, 2.24) is 15.1 Å². The highest BCUT2D eigenvalue weighted by Gasteiger charge is 2.20. The molecule has 0 bridgehead atoms. The summed E-state index contributed by atoms with van der Waals surface area (Å²) in [5.74, 6) is 0.255. The quantitative estimate of drug-likeness (QED) is 0.890. The number of nitrogens with zero attached hydrogens (tertiary/aromatic N) is 3. The number of fused-ring (bicyclic) bond motifs is 1. The van der Waals surface area contributed by atoms with E-state index in [0.29, 0.717) is 6.42 Å². The molecule has 1 aromatic heterocycles. The van der Waals surface area contributed by atoms with Crippen molar-refractivity contribution in [3.63, 3.8) is 0 Å². The molecule has 1 aliphatic heterocycles. The first-order valence-corrected chi connectivity index (χ1v) is 6.74. The number of anilines is 1. The fraction of sp³-hybridized carbons (Fsp3) is 0.429. The van der Waals surface area contributed by atoms with E-state index in [1.54, 1.807) is 0 Å². The monoisotopic (exact) mass is 258 g/mol. The van der Waals surface area contributed by atoms with Crippen LogP contribution in [0.15, 0.2) is 24.4 Å². The van der Waals surface area contributed by atoms with Crippen LogP contribution in [0.2, 0.25) is 0 Å². The van der Waals surface area contributed by atoms with Crippen LogP contribution in [0.1, 0.15) is 13.3 Å². The Morgan fingerprint density at radius 3 is 2.84 bits per heavy atom. The van der Waals surface area contributed by atoms with Gasteiger partial charge >= 0.3 is 0 Å². The molecular formula is C14H18N4O. The van der Waals surface area contributed by atoms with Crippen LogP contribution >= 0.6 is 0 Å². The summed E-state index contributed by atoms with van der Waals surface area (Å²) in [6.45, 7) is 5.35. The number of hydrogen-bond acceptors (Lipinski definition) is 3. The summed E-state index contributed by atoms with van der Waals surface area (Å²) >= 11 is 0. The number of amides is 1. The summed E-state index contributed by atoms with van der Waals surface area (Å²) in [5.41, 5.74) is 2.26. The average molecular weight is 258 g/mol. The van der Waals surface area contributed by atoms with Crippen LogP contribution in [0.5, 0.6) is 0 Å². The molecule has 0 saturated carbocycles. The van der Waals surface area contributed by atoms with Crippen molar-refractivity contribution in [2.24, 2.45) is 0 Å². The zero-order valence-electron chi connectivity index (χ0n) is 11.1. The van der Waals surface area contributed by atoms with E-state index < -0.39 is 0 Å². The second-order valence-corrected chi connectivity index (χ2v) is 4.86. The summed E-state index contributed by atoms with van der Waals surface area (Å²) in [5, 5.41) is 8.12. The highest BCUT2D eigenvalue weighted by molar-refractivity contribution is 5.82. The van der Waals surface area contributed by atoms with Gasteiger partial charge in [-0.2, -0.15) is 5.10 Å². The lowest BCUT2D eigenvalue weighted by Gasteiger charge is -2.36. The van der Waals surface area contributed by atoms with Crippen molar-refractivity contribution < 1.29 is 4.79 Å². The van der Waals surface area contributed by atoms with E-state index >= 15 is 0 Å². The van der Waals surface area contributed by atoms with Gasteiger partial charge in [0, 0.05) is 43.7 Å². The Morgan fingerprint density at radius 1 is 1.32 bits per heavy atom. The molecule has 3 rings (SSSR count). The molecule has 0 atom stereocenters. The molecular weight excluding hydrogens is 240 g/mol. The number of aromatic amines is 1. The summed E-state index contributed by atoms with van der Waals surface area (Å²) in [4.78, 5) is 15.9. The van der Waals surface area contributed by atoms with Crippen molar-refractivity contribution >= 4 is 22.5 Å². The Labute approximate surface area is 112 Å². The summed E-state index contributed by atoms with van der Waals surface area (Å²) in [7, 11) is 0. The van der Waals surface area contributed by atoms with Crippen molar-refractivity contribution in [1.29, 1.82) is 0 Å². The third-order valence-electron chi connectivity index (χ3n) is 3.72. The molecule has 0 spiro atoms. The van der Waals surface area contributed by atoms with E-state index in [1.165, 1.54) is 5.69 Å². The predicted molar refractivity (Wildman–Crippen MR) is 75.2 cm³/mol. The van der Waals surface area contributed by atoms with Gasteiger partial charge in [0.1, 0.15) is 0 Å². The molecule has 1 saturated heterocycles. The van der Waals surface area contributed by atoms with Gasteiger partial charge in [-0.1, -0.05) is 6.92 Å². The minimum Gasteiger partial charge on any atom is -0.368 e. The molecule has 1 fully saturated rings. The largest absolute Gasteiger partial charge is 0.368 e. The van der Waals surface area contributed by atoms with Gasteiger partial charge in [-0.05, 0) is 18.2 Å². The Kier molecular flexibility index (Phi) is 3.11. The Morgan fingerprint density at radius 2 is 2.11 bits per heavy atom. The zero-order valence-corrected chi connectivity index (χ0v) is 11.1. The van der Waals surface area contributed by atoms with Crippen LogP contribution in [-0.4, -0.2) is 47.2 Å². The van der Waals surface area contributed by atoms with E-state index in [1.807, 2.05) is 18.0 Å². The number of carbonyl (C=O) groups is 1. The van der Waals surface area contributed by atoms with Gasteiger partial charge in [-0.15, -0.1) is 0 Å². The molecule has 0 unspecified atom stereocenters. The lowest BCUT2D eigenvalue weighted by molar-refractivity contribution is -0.131. The van der Waals surface area contributed by atoms with Crippen molar-refractivity contribution in [3.05, 3.63) is 24.4 Å². The summed E-state index contributed by atoms with van der Waals surface area (Å²) in [6.07, 6.45) is 2.44. The van der Waals surface area contributed by atoms with E-state index in [2.05, 4.69) is 33.3 Å². The highest BCUT2D eigenvalue weighted by Crippen LogP contribution is 2.21. The molecule has 19 heavy (non-hydrogen) atoms. The predicted octanol–water partition coefficient (Wildman–Crippen LogP) is 1.62. The standard InChI is InChI=1S/C14H18N4O/c1-2-14(19)18-7-5-17(6-8-18)12-3-4-13-11(9-12)10-15-16-13/h3-4,9-10H,2,5-8H2,1H3,(H,15,16). The maximum Gasteiger partial charge on any atom is 0.222 e. The fourth-order valence-electron chi connectivity index (χ4n) is 2.56. The molecule has 0 aliphatic carbocycles. The number of H-pyrrole nitrogens is 1. The number of rotatable bonds is 2. The number of piperazine rings is 1. The second-order valence-electron chi connectivity index (χ2n) is 4.86. The number of hydrogen-bond donors (Lipinski definition) is 1. The van der Waals surface area contributed by atoms with Gasteiger partial charge in [0.05, 0.1) is 11.7 Å². The lowest BCUT2D eigenvalue weighted by Crippen LogP contribution is -2.48. The minimum atomic E-state index is 0.255. The van der Waals surface area contributed by atoms with Crippen LogP contribution in [0.3, 0.4) is 0 Å². The number of carbonyl (C=O) groups excluding carboxylic acids is 1. The highest BCUT2D eigenvalue weighted by atomic mass is 16.2. The van der Waals surface area contributed by atoms with Crippen LogP contribution in [0.4, 0.5) is 5.69 Å². The van der Waals surface area contributed by atoms with Crippen LogP contribution in [0, 0.1) is 0 Å². The van der Waals surface area contributed by atoms with E-state index in [0.717, 1.165) is 37.1 Å². The molecule has 2 aromatic rings. The van der Waals surface area contributed by atoms with Crippen molar-refractivity contribution in [2.45, 2.75) is 13.3 Å². The molecule has 1 aromatic carbocycles. The number of nitrogens with one attached hydrogen (secondary N) is 1. The molecule has 1 amide bonds. The molecule has 1 N–H and O–H groups in total. The van der Waals surface area contributed by atoms with Gasteiger partial charge in [0.2, 0.25) is 5.91 Å². The zero-order chi connectivity index (χ0) is 13.2. The first-order chi connectivity index (χ1) is 9.28. The number of aromatic nitrogens is 2. The van der Waals surface area contributed by atoms with Gasteiger partial charge in [-0.25, -0.2) is 0 Å². The first-order valence-electron chi connectivity index (χ1n) is 6.74. The summed E-state index contributed by atoms with van der Waals surface area (Å²) < 4.78 is 0. The summed E-state index contributed by atoms with van der Waals surface area (Å²) in [6, 6.07) is 6.31. The Bertz CT molecular complexity index is 584. The maximum absolute atomic E-state index is 11.6. The first kappa shape index (κ1) is 12.0. The Hall–Kier alpha value is -2.04. The second kappa shape index (κ2) is 4.91. The van der Waals surface area contributed by atoms with Gasteiger partial charge < -0.3 is 9.80 Å². The third kappa shape index (κ3) is 2.28. The van der Waals surface area contributed by atoms with Gasteiger partial charge in [0.15, 0.2) is 0 Å². The van der Waals surface area contributed by atoms with E-state index in [-0.39, 0.29) is 5.91 Å². The topological polar surface area (TPSA) is 52.2 Å². The van der Waals surface area contributed by atoms with Crippen molar-refractivity contribution in [2.75, 3.05) is 31.1 Å². The fourth-order valence-corrected chi connectivity index (χ4v) is 2.56. The maximum atomic E-state index is 11.6.